The lowest BCUT2D eigenvalue weighted by Gasteiger charge is -2.39. The Morgan fingerprint density at radius 2 is 1.30 bits per heavy atom. The molecule has 0 aliphatic heterocycles. The molecule has 0 amide bonds. The first-order valence-corrected chi connectivity index (χ1v) is 10.3. The molecule has 0 aromatic carbocycles. The predicted octanol–water partition coefficient (Wildman–Crippen LogP) is 4.08. The van der Waals surface area contributed by atoms with Gasteiger partial charge in [-0.15, -0.1) is 4.31 Å². The molecule has 2 aliphatic rings. The highest BCUT2D eigenvalue weighted by molar-refractivity contribution is 7.89. The maximum Gasteiger partial charge on any atom is 0.364 e. The largest absolute Gasteiger partial charge is 0.590 e. The van der Waals surface area contributed by atoms with Crippen molar-refractivity contribution in [2.24, 2.45) is 0 Å². The third-order valence-corrected chi connectivity index (χ3v) is 6.65. The molecule has 1 aromatic heterocycles. The van der Waals surface area contributed by atoms with Crippen LogP contribution in [0, 0.1) is 13.8 Å². The Hall–Kier alpha value is -0.650. The van der Waals surface area contributed by atoms with Crippen molar-refractivity contribution >= 4 is 11.4 Å². The molecule has 23 heavy (non-hydrogen) atoms. The quantitative estimate of drug-likeness (QED) is 0.614. The fourth-order valence-corrected chi connectivity index (χ4v) is 5.70. The normalized spacial score (nSPS) is 22.4. The molecule has 2 aliphatic carbocycles. The second kappa shape index (κ2) is 7.95. The van der Waals surface area contributed by atoms with Crippen LogP contribution in [0.4, 0.5) is 0 Å². The molecule has 1 heterocycles. The maximum absolute atomic E-state index is 13.4. The van der Waals surface area contributed by atoms with Crippen molar-refractivity contribution in [2.75, 3.05) is 0 Å². The van der Waals surface area contributed by atoms with Crippen LogP contribution >= 0.6 is 0 Å². The Labute approximate surface area is 143 Å². The summed E-state index contributed by atoms with van der Waals surface area (Å²) in [6, 6.07) is 2.83. The van der Waals surface area contributed by atoms with E-state index in [9.17, 15) is 4.55 Å². The number of nitrogens with zero attached hydrogens (tertiary/aromatic N) is 3. The fourth-order valence-electron chi connectivity index (χ4n) is 4.11. The van der Waals surface area contributed by atoms with E-state index in [-0.39, 0.29) is 0 Å². The number of aryl methyl sites for hydroxylation is 2. The maximum atomic E-state index is 13.4. The van der Waals surface area contributed by atoms with E-state index in [0.717, 1.165) is 11.4 Å². The zero-order chi connectivity index (χ0) is 16.2. The summed E-state index contributed by atoms with van der Waals surface area (Å²) in [5, 5.41) is 0.513. The molecule has 0 saturated heterocycles. The predicted molar refractivity (Wildman–Crippen MR) is 93.5 cm³/mol. The second-order valence-corrected chi connectivity index (χ2v) is 8.41. The van der Waals surface area contributed by atoms with Crippen molar-refractivity contribution in [2.45, 2.75) is 95.3 Å². The van der Waals surface area contributed by atoms with Crippen molar-refractivity contribution in [3.63, 3.8) is 0 Å². The Bertz CT molecular complexity index is 475. The molecule has 128 valence electrons. The lowest BCUT2D eigenvalue weighted by molar-refractivity contribution is 0.168. The molecule has 0 N–H and O–H groups in total. The standard InChI is InChI=1S/C18H29N3OS/c1-14-13-15(2)20-18(19-14)23(22)21(16-9-5-3-6-10-16)17-11-7-4-8-12-17/h13,16-17H,3-12H2,1-2H3. The Kier molecular flexibility index (Phi) is 5.94. The van der Waals surface area contributed by atoms with Crippen LogP contribution in [-0.4, -0.2) is 30.9 Å². The van der Waals surface area contributed by atoms with Gasteiger partial charge in [0.05, 0.1) is 12.1 Å². The molecule has 2 fully saturated rings. The molecular formula is C18H29N3OS. The minimum atomic E-state index is -1.23. The van der Waals surface area contributed by atoms with Crippen LogP contribution in [0.3, 0.4) is 0 Å². The summed E-state index contributed by atoms with van der Waals surface area (Å²) in [6.07, 6.45) is 12.4. The minimum absolute atomic E-state index is 0.442. The summed E-state index contributed by atoms with van der Waals surface area (Å²) >= 11 is -1.23. The second-order valence-electron chi connectivity index (χ2n) is 7.13. The number of aromatic nitrogens is 2. The molecule has 0 bridgehead atoms. The topological polar surface area (TPSA) is 52.1 Å². The molecule has 4 nitrogen and oxygen atoms in total. The van der Waals surface area contributed by atoms with Crippen molar-refractivity contribution in [3.8, 4) is 0 Å². The Morgan fingerprint density at radius 1 is 0.870 bits per heavy atom. The van der Waals surface area contributed by atoms with Crippen LogP contribution in [0.1, 0.15) is 75.6 Å². The summed E-state index contributed by atoms with van der Waals surface area (Å²) in [5.41, 5.74) is 1.82. The van der Waals surface area contributed by atoms with Crippen molar-refractivity contribution in [1.82, 2.24) is 14.3 Å². The molecule has 1 atom stereocenters. The third kappa shape index (κ3) is 4.25. The minimum Gasteiger partial charge on any atom is -0.590 e. The first kappa shape index (κ1) is 17.2. The highest BCUT2D eigenvalue weighted by Crippen LogP contribution is 2.34. The number of hydrogen-bond donors (Lipinski definition) is 0. The molecule has 2 saturated carbocycles. The average Bonchev–Trinajstić information content (AvgIpc) is 2.56. The van der Waals surface area contributed by atoms with Gasteiger partial charge in [-0.3, -0.25) is 0 Å². The average molecular weight is 336 g/mol. The van der Waals surface area contributed by atoms with Crippen molar-refractivity contribution in [1.29, 1.82) is 0 Å². The molecule has 5 heteroatoms. The third-order valence-electron chi connectivity index (χ3n) is 5.18. The number of rotatable bonds is 4. The van der Waals surface area contributed by atoms with Crippen LogP contribution in [-0.2, 0) is 11.4 Å². The van der Waals surface area contributed by atoms with Crippen LogP contribution in [0.25, 0.3) is 0 Å². The van der Waals surface area contributed by atoms with Gasteiger partial charge in [-0.05, 0) is 45.6 Å². The zero-order valence-electron chi connectivity index (χ0n) is 14.5. The van der Waals surface area contributed by atoms with Gasteiger partial charge >= 0.3 is 5.16 Å². The van der Waals surface area contributed by atoms with E-state index in [2.05, 4.69) is 14.3 Å². The van der Waals surface area contributed by atoms with E-state index in [4.69, 9.17) is 0 Å². The molecule has 1 unspecified atom stereocenters. The van der Waals surface area contributed by atoms with Gasteiger partial charge in [0.1, 0.15) is 11.4 Å². The van der Waals surface area contributed by atoms with Crippen molar-refractivity contribution < 1.29 is 4.55 Å². The van der Waals surface area contributed by atoms with Crippen molar-refractivity contribution in [3.05, 3.63) is 17.5 Å². The lowest BCUT2D eigenvalue weighted by atomic mass is 9.91. The summed E-state index contributed by atoms with van der Waals surface area (Å²) in [7, 11) is 0. The van der Waals surface area contributed by atoms with Crippen LogP contribution in [0.2, 0.25) is 0 Å². The van der Waals surface area contributed by atoms with E-state index in [0.29, 0.717) is 17.2 Å². The summed E-state index contributed by atoms with van der Waals surface area (Å²) in [6.45, 7) is 3.92. The summed E-state index contributed by atoms with van der Waals surface area (Å²) in [5.74, 6) is 0. The lowest BCUT2D eigenvalue weighted by Crippen LogP contribution is -2.49. The smallest absolute Gasteiger partial charge is 0.364 e. The summed E-state index contributed by atoms with van der Waals surface area (Å²) < 4.78 is 15.7. The SMILES string of the molecule is Cc1cc(C)nc([S+]([O-])N(C2CCCCC2)C2CCCCC2)n1. The van der Waals surface area contributed by atoms with Crippen LogP contribution in [0.15, 0.2) is 11.2 Å². The van der Waals surface area contributed by atoms with E-state index in [1.54, 1.807) is 0 Å². The van der Waals surface area contributed by atoms with Gasteiger partial charge in [0.15, 0.2) is 0 Å². The molecule has 3 rings (SSSR count). The van der Waals surface area contributed by atoms with E-state index >= 15 is 0 Å². The molecule has 0 spiro atoms. The van der Waals surface area contributed by atoms with E-state index < -0.39 is 11.4 Å². The highest BCUT2D eigenvalue weighted by Gasteiger charge is 2.39. The van der Waals surface area contributed by atoms with E-state index in [1.807, 2.05) is 19.9 Å². The van der Waals surface area contributed by atoms with Gasteiger partial charge in [-0.25, -0.2) is 0 Å². The van der Waals surface area contributed by atoms with Gasteiger partial charge < -0.3 is 4.55 Å². The number of hydrogen-bond acceptors (Lipinski definition) is 4. The molecular weight excluding hydrogens is 306 g/mol. The Balaban J connectivity index is 1.85. The van der Waals surface area contributed by atoms with Gasteiger partial charge in [0.2, 0.25) is 0 Å². The fraction of sp³-hybridized carbons (Fsp3) is 0.778. The highest BCUT2D eigenvalue weighted by atomic mass is 32.2. The van der Waals surface area contributed by atoms with E-state index in [1.165, 1.54) is 64.2 Å². The monoisotopic (exact) mass is 335 g/mol. The zero-order valence-corrected chi connectivity index (χ0v) is 15.3. The molecule has 0 radical (unpaired) electrons. The first-order valence-electron chi connectivity index (χ1n) is 9.17. The van der Waals surface area contributed by atoms with Gasteiger partial charge in [0, 0.05) is 11.4 Å². The summed E-state index contributed by atoms with van der Waals surface area (Å²) in [4.78, 5) is 8.98. The molecule has 1 aromatic rings. The first-order chi connectivity index (χ1) is 11.1. The van der Waals surface area contributed by atoms with Gasteiger partial charge in [-0.2, -0.15) is 9.97 Å². The van der Waals surface area contributed by atoms with Crippen LogP contribution in [0.5, 0.6) is 0 Å². The van der Waals surface area contributed by atoms with Gasteiger partial charge in [-0.1, -0.05) is 38.5 Å². The van der Waals surface area contributed by atoms with Crippen LogP contribution < -0.4 is 0 Å². The Morgan fingerprint density at radius 3 is 1.74 bits per heavy atom. The van der Waals surface area contributed by atoms with Gasteiger partial charge in [0.25, 0.3) is 0 Å².